The zero-order valence-electron chi connectivity index (χ0n) is 16.5. The fourth-order valence-electron chi connectivity index (χ4n) is 1.75. The van der Waals surface area contributed by atoms with Crippen molar-refractivity contribution in [2.75, 3.05) is 5.73 Å². The van der Waals surface area contributed by atoms with E-state index in [2.05, 4.69) is 38.2 Å². The van der Waals surface area contributed by atoms with E-state index in [-0.39, 0.29) is 12.5 Å². The van der Waals surface area contributed by atoms with E-state index < -0.39 is 23.4 Å². The lowest BCUT2D eigenvalue weighted by atomic mass is 10.2. The van der Waals surface area contributed by atoms with Gasteiger partial charge in [-0.05, 0) is 81.8 Å². The quantitative estimate of drug-likeness (QED) is 0.253. The van der Waals surface area contributed by atoms with Crippen molar-refractivity contribution in [1.82, 2.24) is 10.6 Å². The number of nitrogens with zero attached hydrogens (tertiary/aromatic N) is 1. The van der Waals surface area contributed by atoms with Crippen molar-refractivity contribution in [3.05, 3.63) is 27.3 Å². The lowest BCUT2D eigenvalue weighted by Gasteiger charge is -2.22. The second-order valence-electron chi connectivity index (χ2n) is 7.77. The first kappa shape index (κ1) is 23.0. The molecule has 0 atom stereocenters. The first-order valence-electron chi connectivity index (χ1n) is 8.33. The fourth-order valence-corrected chi connectivity index (χ4v) is 2.33. The lowest BCUT2D eigenvalue weighted by molar-refractivity contribution is 0.0545. The van der Waals surface area contributed by atoms with Crippen LogP contribution in [0.1, 0.15) is 47.1 Å². The van der Waals surface area contributed by atoms with Crippen LogP contribution in [0, 0.1) is 3.57 Å². The smallest absolute Gasteiger partial charge is 0.414 e. The first-order chi connectivity index (χ1) is 12.2. The van der Waals surface area contributed by atoms with Gasteiger partial charge in [-0.15, -0.1) is 0 Å². The molecule has 0 heterocycles. The van der Waals surface area contributed by atoms with Crippen LogP contribution in [-0.4, -0.2) is 29.3 Å². The maximum Gasteiger partial charge on any atom is 0.414 e. The van der Waals surface area contributed by atoms with Gasteiger partial charge in [0, 0.05) is 9.26 Å². The van der Waals surface area contributed by atoms with Crippen molar-refractivity contribution in [2.24, 2.45) is 4.99 Å². The van der Waals surface area contributed by atoms with Crippen molar-refractivity contribution >= 4 is 46.4 Å². The summed E-state index contributed by atoms with van der Waals surface area (Å²) in [6.07, 6.45) is -1.46. The second-order valence-corrected chi connectivity index (χ2v) is 8.94. The molecule has 150 valence electrons. The SMILES string of the molecule is CC(C)(C)OC(=O)NC(=NCc1ccc(N)c(I)c1)NC(=O)OC(C)(C)C. The number of anilines is 1. The van der Waals surface area contributed by atoms with Gasteiger partial charge in [-0.3, -0.25) is 10.6 Å². The molecular formula is C18H27IN4O4. The standard InChI is InChI=1S/C18H27IN4O4/c1-17(2,3)26-15(24)22-14(23-16(25)27-18(4,5)6)21-10-11-7-8-13(20)12(19)9-11/h7-9H,10,20H2,1-6H3,(H2,21,22,23,24,25). The largest absolute Gasteiger partial charge is 0.444 e. The molecule has 2 amide bonds. The zero-order valence-corrected chi connectivity index (χ0v) is 18.6. The van der Waals surface area contributed by atoms with Crippen LogP contribution < -0.4 is 16.4 Å². The molecule has 0 spiro atoms. The molecule has 0 radical (unpaired) electrons. The maximum absolute atomic E-state index is 12.0. The monoisotopic (exact) mass is 490 g/mol. The molecule has 0 bridgehead atoms. The third-order valence-corrected chi connectivity index (χ3v) is 3.66. The van der Waals surface area contributed by atoms with Gasteiger partial charge in [0.05, 0.1) is 6.54 Å². The van der Waals surface area contributed by atoms with E-state index in [0.29, 0.717) is 5.69 Å². The highest BCUT2D eigenvalue weighted by Gasteiger charge is 2.21. The molecule has 1 aromatic rings. The van der Waals surface area contributed by atoms with Gasteiger partial charge in [0.1, 0.15) is 11.2 Å². The molecule has 0 saturated carbocycles. The van der Waals surface area contributed by atoms with E-state index in [9.17, 15) is 9.59 Å². The van der Waals surface area contributed by atoms with Crippen molar-refractivity contribution in [3.63, 3.8) is 0 Å². The Hall–Kier alpha value is -2.04. The van der Waals surface area contributed by atoms with E-state index in [4.69, 9.17) is 15.2 Å². The number of carbonyl (C=O) groups is 2. The van der Waals surface area contributed by atoms with E-state index in [1.165, 1.54) is 0 Å². The first-order valence-corrected chi connectivity index (χ1v) is 9.41. The van der Waals surface area contributed by atoms with Gasteiger partial charge in [0.25, 0.3) is 0 Å². The van der Waals surface area contributed by atoms with E-state index in [0.717, 1.165) is 9.13 Å². The van der Waals surface area contributed by atoms with Crippen molar-refractivity contribution in [1.29, 1.82) is 0 Å². The second kappa shape index (κ2) is 9.25. The highest BCUT2D eigenvalue weighted by atomic mass is 127. The Bertz CT molecular complexity index is 689. The Morgan fingerprint density at radius 2 is 1.52 bits per heavy atom. The number of rotatable bonds is 2. The summed E-state index contributed by atoms with van der Waals surface area (Å²) in [6, 6.07) is 5.46. The number of benzene rings is 1. The van der Waals surface area contributed by atoms with Gasteiger partial charge in [0.15, 0.2) is 0 Å². The summed E-state index contributed by atoms with van der Waals surface area (Å²) >= 11 is 2.12. The average Bonchev–Trinajstić information content (AvgIpc) is 2.44. The van der Waals surface area contributed by atoms with Gasteiger partial charge in [-0.2, -0.15) is 0 Å². The topological polar surface area (TPSA) is 115 Å². The third kappa shape index (κ3) is 10.0. The van der Waals surface area contributed by atoms with Crippen LogP contribution in [0.3, 0.4) is 0 Å². The molecule has 1 rings (SSSR count). The van der Waals surface area contributed by atoms with E-state index >= 15 is 0 Å². The van der Waals surface area contributed by atoms with Crippen molar-refractivity contribution in [3.8, 4) is 0 Å². The number of aliphatic imine (C=N–C) groups is 1. The Kier molecular flexibility index (Phi) is 7.88. The van der Waals surface area contributed by atoms with Gasteiger partial charge < -0.3 is 15.2 Å². The zero-order chi connectivity index (χ0) is 20.8. The Balaban J connectivity index is 2.92. The van der Waals surface area contributed by atoms with Gasteiger partial charge in [-0.1, -0.05) is 6.07 Å². The van der Waals surface area contributed by atoms with Gasteiger partial charge in [-0.25, -0.2) is 14.6 Å². The fraction of sp³-hybridized carbons (Fsp3) is 0.500. The minimum Gasteiger partial charge on any atom is -0.444 e. The predicted molar refractivity (Wildman–Crippen MR) is 113 cm³/mol. The molecule has 8 nitrogen and oxygen atoms in total. The summed E-state index contributed by atoms with van der Waals surface area (Å²) in [7, 11) is 0. The number of ether oxygens (including phenoxy) is 2. The number of nitrogen functional groups attached to an aromatic ring is 1. The van der Waals surface area contributed by atoms with Crippen LogP contribution in [0.4, 0.5) is 15.3 Å². The summed E-state index contributed by atoms with van der Waals surface area (Å²) in [4.78, 5) is 28.3. The number of alkyl carbamates (subject to hydrolysis) is 2. The number of carbonyl (C=O) groups excluding carboxylic acids is 2. The van der Waals surface area contributed by atoms with E-state index in [1.807, 2.05) is 12.1 Å². The van der Waals surface area contributed by atoms with Crippen molar-refractivity contribution in [2.45, 2.75) is 59.3 Å². The molecule has 0 aliphatic carbocycles. The van der Waals surface area contributed by atoms with Gasteiger partial charge >= 0.3 is 12.2 Å². The van der Waals surface area contributed by atoms with Gasteiger partial charge in [0.2, 0.25) is 5.96 Å². The predicted octanol–water partition coefficient (Wildman–Crippen LogP) is 3.78. The van der Waals surface area contributed by atoms with Crippen LogP contribution in [0.25, 0.3) is 0 Å². The summed E-state index contributed by atoms with van der Waals surface area (Å²) < 4.78 is 11.3. The minimum absolute atomic E-state index is 0.0645. The summed E-state index contributed by atoms with van der Waals surface area (Å²) in [5.41, 5.74) is 5.96. The molecular weight excluding hydrogens is 463 g/mol. The molecule has 0 fully saturated rings. The Morgan fingerprint density at radius 3 is 1.93 bits per heavy atom. The molecule has 9 heteroatoms. The molecule has 4 N–H and O–H groups in total. The maximum atomic E-state index is 12.0. The number of halogens is 1. The Labute approximate surface area is 173 Å². The van der Waals surface area contributed by atoms with Crippen LogP contribution in [0.2, 0.25) is 0 Å². The van der Waals surface area contributed by atoms with Crippen LogP contribution in [0.5, 0.6) is 0 Å². The average molecular weight is 490 g/mol. The van der Waals surface area contributed by atoms with Crippen LogP contribution in [-0.2, 0) is 16.0 Å². The highest BCUT2D eigenvalue weighted by molar-refractivity contribution is 14.1. The number of hydrogen-bond acceptors (Lipinski definition) is 6. The van der Waals surface area contributed by atoms with Crippen molar-refractivity contribution < 1.29 is 19.1 Å². The Morgan fingerprint density at radius 1 is 1.04 bits per heavy atom. The molecule has 27 heavy (non-hydrogen) atoms. The molecule has 0 unspecified atom stereocenters. The molecule has 0 aromatic heterocycles. The number of hydrogen-bond donors (Lipinski definition) is 3. The third-order valence-electron chi connectivity index (χ3n) is 2.72. The number of nitrogens with two attached hydrogens (primary N) is 1. The van der Waals surface area contributed by atoms with Crippen LogP contribution >= 0.6 is 22.6 Å². The minimum atomic E-state index is -0.732. The van der Waals surface area contributed by atoms with E-state index in [1.54, 1.807) is 47.6 Å². The molecule has 0 saturated heterocycles. The molecule has 0 aliphatic rings. The number of nitrogens with one attached hydrogen (secondary N) is 2. The summed E-state index contributed by atoms with van der Waals surface area (Å²) in [6.45, 7) is 10.6. The normalized spacial score (nSPS) is 11.4. The van der Waals surface area contributed by atoms with Crippen LogP contribution in [0.15, 0.2) is 23.2 Å². The summed E-state index contributed by atoms with van der Waals surface area (Å²) in [5, 5.41) is 4.87. The molecule has 1 aromatic carbocycles. The lowest BCUT2D eigenvalue weighted by Crippen LogP contribution is -2.47. The number of guanidine groups is 1. The molecule has 0 aliphatic heterocycles. The highest BCUT2D eigenvalue weighted by Crippen LogP contribution is 2.16. The number of amides is 2. The summed E-state index contributed by atoms with van der Waals surface area (Å²) in [5.74, 6) is -0.0645.